The van der Waals surface area contributed by atoms with Crippen molar-refractivity contribution in [3.05, 3.63) is 47.2 Å². The van der Waals surface area contributed by atoms with E-state index in [1.165, 1.54) is 5.56 Å². The quantitative estimate of drug-likeness (QED) is 0.521. The van der Waals surface area contributed by atoms with Gasteiger partial charge in [-0.25, -0.2) is 0 Å². The molecule has 1 aromatic heterocycles. The standard InChI is InChI=1S/C25H30N2O5/c1-5-30-22-10-15(11-23(31-6-2)24(22)32-7-3)25(28)26-16-12-18-19-14-17(29-4)8-9-20(19)27-21(18)13-16/h8-11,14,16,27H,5-7,12-13H2,1-4H3,(H,26,28). The second-order valence-electron chi connectivity index (χ2n) is 7.67. The normalized spacial score (nSPS) is 14.8. The van der Waals surface area contributed by atoms with Crippen molar-refractivity contribution in [1.29, 1.82) is 0 Å². The van der Waals surface area contributed by atoms with Crippen LogP contribution in [0.25, 0.3) is 10.9 Å². The first kappa shape index (κ1) is 21.9. The lowest BCUT2D eigenvalue weighted by Crippen LogP contribution is -2.35. The Bertz CT molecular complexity index is 1090. The number of benzene rings is 2. The maximum absolute atomic E-state index is 13.1. The summed E-state index contributed by atoms with van der Waals surface area (Å²) in [4.78, 5) is 16.6. The van der Waals surface area contributed by atoms with E-state index in [2.05, 4.69) is 10.3 Å². The van der Waals surface area contributed by atoms with Crippen LogP contribution in [0.4, 0.5) is 0 Å². The summed E-state index contributed by atoms with van der Waals surface area (Å²) < 4.78 is 22.6. The highest BCUT2D eigenvalue weighted by atomic mass is 16.5. The van der Waals surface area contributed by atoms with Crippen molar-refractivity contribution in [3.8, 4) is 23.0 Å². The molecule has 32 heavy (non-hydrogen) atoms. The number of ether oxygens (including phenoxy) is 4. The Morgan fingerprint density at radius 2 is 1.69 bits per heavy atom. The van der Waals surface area contributed by atoms with Gasteiger partial charge in [-0.2, -0.15) is 0 Å². The van der Waals surface area contributed by atoms with Crippen LogP contribution in [0, 0.1) is 0 Å². The van der Waals surface area contributed by atoms with Gasteiger partial charge in [-0.15, -0.1) is 0 Å². The zero-order chi connectivity index (χ0) is 22.7. The van der Waals surface area contributed by atoms with E-state index in [0.717, 1.165) is 35.2 Å². The van der Waals surface area contributed by atoms with Crippen molar-refractivity contribution in [2.75, 3.05) is 26.9 Å². The Kier molecular flexibility index (Phi) is 6.44. The number of rotatable bonds is 9. The van der Waals surface area contributed by atoms with Gasteiger partial charge in [0.15, 0.2) is 11.5 Å². The Morgan fingerprint density at radius 3 is 2.31 bits per heavy atom. The maximum Gasteiger partial charge on any atom is 0.251 e. The van der Waals surface area contributed by atoms with E-state index in [4.69, 9.17) is 18.9 Å². The van der Waals surface area contributed by atoms with Crippen LogP contribution in [0.5, 0.6) is 23.0 Å². The molecule has 0 saturated heterocycles. The molecular formula is C25H30N2O5. The van der Waals surface area contributed by atoms with Crippen LogP contribution >= 0.6 is 0 Å². The molecule has 0 fully saturated rings. The first-order valence-electron chi connectivity index (χ1n) is 11.1. The van der Waals surface area contributed by atoms with Crippen molar-refractivity contribution in [1.82, 2.24) is 10.3 Å². The van der Waals surface area contributed by atoms with Gasteiger partial charge in [0.25, 0.3) is 5.91 Å². The fourth-order valence-corrected chi connectivity index (χ4v) is 4.27. The molecular weight excluding hydrogens is 408 g/mol. The predicted octanol–water partition coefficient (Wildman–Crippen LogP) is 4.27. The average molecular weight is 439 g/mol. The summed E-state index contributed by atoms with van der Waals surface area (Å²) in [7, 11) is 1.67. The van der Waals surface area contributed by atoms with Crippen LogP contribution in [0.2, 0.25) is 0 Å². The molecule has 4 rings (SSSR count). The molecule has 2 N–H and O–H groups in total. The molecule has 1 aliphatic carbocycles. The molecule has 1 unspecified atom stereocenters. The molecule has 0 bridgehead atoms. The monoisotopic (exact) mass is 438 g/mol. The molecule has 1 heterocycles. The lowest BCUT2D eigenvalue weighted by atomic mass is 10.1. The number of methoxy groups -OCH3 is 1. The summed E-state index contributed by atoms with van der Waals surface area (Å²) in [5, 5.41) is 4.32. The number of H-pyrrole nitrogens is 1. The first-order valence-corrected chi connectivity index (χ1v) is 11.1. The number of hydrogen-bond donors (Lipinski definition) is 2. The fourth-order valence-electron chi connectivity index (χ4n) is 4.27. The number of aromatic nitrogens is 1. The molecule has 2 aromatic carbocycles. The minimum Gasteiger partial charge on any atom is -0.497 e. The third-order valence-corrected chi connectivity index (χ3v) is 5.61. The summed E-state index contributed by atoms with van der Waals surface area (Å²) in [5.74, 6) is 2.23. The van der Waals surface area contributed by atoms with Crippen LogP contribution in [0.15, 0.2) is 30.3 Å². The number of fused-ring (bicyclic) bond motifs is 3. The number of hydrogen-bond acceptors (Lipinski definition) is 5. The third-order valence-electron chi connectivity index (χ3n) is 5.61. The third kappa shape index (κ3) is 4.20. The Balaban J connectivity index is 1.55. The minimum absolute atomic E-state index is 0.0111. The van der Waals surface area contributed by atoms with Gasteiger partial charge in [-0.1, -0.05) is 0 Å². The van der Waals surface area contributed by atoms with Crippen LogP contribution < -0.4 is 24.3 Å². The highest BCUT2D eigenvalue weighted by Crippen LogP contribution is 2.39. The van der Waals surface area contributed by atoms with Crippen molar-refractivity contribution in [3.63, 3.8) is 0 Å². The van der Waals surface area contributed by atoms with E-state index in [1.54, 1.807) is 19.2 Å². The van der Waals surface area contributed by atoms with Crippen molar-refractivity contribution < 1.29 is 23.7 Å². The zero-order valence-electron chi connectivity index (χ0n) is 19.0. The number of carbonyl (C=O) groups excluding carboxylic acids is 1. The molecule has 0 spiro atoms. The highest BCUT2D eigenvalue weighted by molar-refractivity contribution is 5.96. The number of amides is 1. The van der Waals surface area contributed by atoms with Gasteiger partial charge in [0, 0.05) is 34.6 Å². The molecule has 7 heteroatoms. The highest BCUT2D eigenvalue weighted by Gasteiger charge is 2.28. The number of aromatic amines is 1. The van der Waals surface area contributed by atoms with Crippen molar-refractivity contribution in [2.45, 2.75) is 39.7 Å². The van der Waals surface area contributed by atoms with Crippen LogP contribution in [0.3, 0.4) is 0 Å². The smallest absolute Gasteiger partial charge is 0.251 e. The van der Waals surface area contributed by atoms with E-state index in [1.807, 2.05) is 39.0 Å². The summed E-state index contributed by atoms with van der Waals surface area (Å²) in [6, 6.07) is 9.48. The number of carbonyl (C=O) groups is 1. The Morgan fingerprint density at radius 1 is 1.00 bits per heavy atom. The van der Waals surface area contributed by atoms with Crippen molar-refractivity contribution >= 4 is 16.8 Å². The second-order valence-corrected chi connectivity index (χ2v) is 7.67. The van der Waals surface area contributed by atoms with Gasteiger partial charge in [0.05, 0.1) is 26.9 Å². The SMILES string of the molecule is CCOc1cc(C(=O)NC2Cc3[nH]c4ccc(OC)cc4c3C2)cc(OCC)c1OCC. The summed E-state index contributed by atoms with van der Waals surface area (Å²) in [6.07, 6.45) is 1.52. The molecule has 1 atom stereocenters. The maximum atomic E-state index is 13.1. The lowest BCUT2D eigenvalue weighted by Gasteiger charge is -2.18. The van der Waals surface area contributed by atoms with Gasteiger partial charge in [-0.05, 0) is 63.1 Å². The first-order chi connectivity index (χ1) is 15.6. The van der Waals surface area contributed by atoms with Gasteiger partial charge < -0.3 is 29.2 Å². The van der Waals surface area contributed by atoms with E-state index in [-0.39, 0.29) is 11.9 Å². The average Bonchev–Trinajstić information content (AvgIpc) is 3.32. The van der Waals surface area contributed by atoms with Gasteiger partial charge in [0.1, 0.15) is 5.75 Å². The summed E-state index contributed by atoms with van der Waals surface area (Å²) in [6.45, 7) is 7.10. The Hall–Kier alpha value is -3.35. The summed E-state index contributed by atoms with van der Waals surface area (Å²) in [5.41, 5.74) is 3.98. The van der Waals surface area contributed by atoms with Gasteiger partial charge >= 0.3 is 0 Å². The van der Waals surface area contributed by atoms with Gasteiger partial charge in [-0.3, -0.25) is 4.79 Å². The molecule has 0 radical (unpaired) electrons. The van der Waals surface area contributed by atoms with Crippen LogP contribution in [-0.2, 0) is 12.8 Å². The Labute approximate surface area is 188 Å². The largest absolute Gasteiger partial charge is 0.497 e. The molecule has 0 saturated carbocycles. The fraction of sp³-hybridized carbons (Fsp3) is 0.400. The van der Waals surface area contributed by atoms with E-state index in [0.29, 0.717) is 42.6 Å². The van der Waals surface area contributed by atoms with Crippen molar-refractivity contribution in [2.24, 2.45) is 0 Å². The lowest BCUT2D eigenvalue weighted by molar-refractivity contribution is 0.0937. The molecule has 0 aliphatic heterocycles. The summed E-state index contributed by atoms with van der Waals surface area (Å²) >= 11 is 0. The number of nitrogens with one attached hydrogen (secondary N) is 2. The van der Waals surface area contributed by atoms with E-state index in [9.17, 15) is 4.79 Å². The molecule has 7 nitrogen and oxygen atoms in total. The van der Waals surface area contributed by atoms with Gasteiger partial charge in [0.2, 0.25) is 5.75 Å². The van der Waals surface area contributed by atoms with E-state index >= 15 is 0 Å². The van der Waals surface area contributed by atoms with Crippen LogP contribution in [0.1, 0.15) is 42.4 Å². The zero-order valence-corrected chi connectivity index (χ0v) is 19.0. The molecule has 1 aliphatic rings. The topological polar surface area (TPSA) is 81.8 Å². The van der Waals surface area contributed by atoms with Crippen LogP contribution in [-0.4, -0.2) is 43.9 Å². The van der Waals surface area contributed by atoms with E-state index < -0.39 is 0 Å². The molecule has 170 valence electrons. The minimum atomic E-state index is -0.160. The predicted molar refractivity (Wildman–Crippen MR) is 123 cm³/mol. The second kappa shape index (κ2) is 9.42. The molecule has 3 aromatic rings. The molecule has 1 amide bonds.